The maximum atomic E-state index is 11.1. The van der Waals surface area contributed by atoms with Gasteiger partial charge in [0.05, 0.1) is 17.9 Å². The minimum atomic E-state index is -0.263. The Kier molecular flexibility index (Phi) is 2.70. The second-order valence-electron chi connectivity index (χ2n) is 2.83. The van der Waals surface area contributed by atoms with E-state index < -0.39 is 0 Å². The van der Waals surface area contributed by atoms with Gasteiger partial charge in [-0.2, -0.15) is 0 Å². The lowest BCUT2D eigenvalue weighted by Crippen LogP contribution is -2.15. The first kappa shape index (κ1) is 9.06. The monoisotopic (exact) mass is 171 g/mol. The van der Waals surface area contributed by atoms with Crippen LogP contribution in [0.5, 0.6) is 0 Å². The molecule has 0 aliphatic carbocycles. The summed E-state index contributed by atoms with van der Waals surface area (Å²) in [4.78, 5) is 13.0. The lowest BCUT2D eigenvalue weighted by molar-refractivity contribution is -0.136. The largest absolute Gasteiger partial charge is 0.456 e. The van der Waals surface area contributed by atoms with Crippen LogP contribution in [0.15, 0.2) is 11.3 Å². The SMILES string of the molecule is COCC1=C(N(C)C)COC1=O. The molecule has 12 heavy (non-hydrogen) atoms. The highest BCUT2D eigenvalue weighted by Gasteiger charge is 2.25. The van der Waals surface area contributed by atoms with E-state index in [1.807, 2.05) is 19.0 Å². The molecule has 0 saturated heterocycles. The van der Waals surface area contributed by atoms with Crippen LogP contribution in [0.25, 0.3) is 0 Å². The molecule has 0 N–H and O–H groups in total. The van der Waals surface area contributed by atoms with Crippen molar-refractivity contribution in [2.24, 2.45) is 0 Å². The average molecular weight is 171 g/mol. The number of hydrogen-bond acceptors (Lipinski definition) is 4. The summed E-state index contributed by atoms with van der Waals surface area (Å²) < 4.78 is 9.75. The van der Waals surface area contributed by atoms with Crippen molar-refractivity contribution in [3.05, 3.63) is 11.3 Å². The summed E-state index contributed by atoms with van der Waals surface area (Å²) in [5.74, 6) is -0.263. The van der Waals surface area contributed by atoms with Crippen LogP contribution in [0.1, 0.15) is 0 Å². The van der Waals surface area contributed by atoms with Crippen LogP contribution in [0, 0.1) is 0 Å². The first-order valence-electron chi connectivity index (χ1n) is 3.72. The van der Waals surface area contributed by atoms with Crippen LogP contribution in [-0.4, -0.2) is 45.3 Å². The summed E-state index contributed by atoms with van der Waals surface area (Å²) in [5, 5.41) is 0. The fraction of sp³-hybridized carbons (Fsp3) is 0.625. The molecule has 68 valence electrons. The zero-order valence-electron chi connectivity index (χ0n) is 7.59. The molecule has 0 bridgehead atoms. The van der Waals surface area contributed by atoms with Crippen molar-refractivity contribution in [3.63, 3.8) is 0 Å². The molecule has 0 amide bonds. The fourth-order valence-electron chi connectivity index (χ4n) is 1.11. The predicted molar refractivity (Wildman–Crippen MR) is 43.5 cm³/mol. The van der Waals surface area contributed by atoms with Crippen molar-refractivity contribution >= 4 is 5.97 Å². The molecule has 0 spiro atoms. The van der Waals surface area contributed by atoms with Crippen molar-refractivity contribution in [2.45, 2.75) is 0 Å². The van der Waals surface area contributed by atoms with Gasteiger partial charge in [-0.25, -0.2) is 4.79 Å². The number of esters is 1. The van der Waals surface area contributed by atoms with E-state index in [0.717, 1.165) is 5.70 Å². The summed E-state index contributed by atoms with van der Waals surface area (Å²) in [6.07, 6.45) is 0. The van der Waals surface area contributed by atoms with Crippen molar-refractivity contribution in [1.29, 1.82) is 0 Å². The third kappa shape index (κ3) is 1.58. The van der Waals surface area contributed by atoms with Gasteiger partial charge in [-0.05, 0) is 0 Å². The Labute approximate surface area is 71.7 Å². The number of carbonyl (C=O) groups is 1. The quantitative estimate of drug-likeness (QED) is 0.560. The van der Waals surface area contributed by atoms with Crippen molar-refractivity contribution < 1.29 is 14.3 Å². The van der Waals surface area contributed by atoms with Crippen molar-refractivity contribution in [1.82, 2.24) is 4.90 Å². The summed E-state index contributed by atoms with van der Waals surface area (Å²) in [6, 6.07) is 0. The third-order valence-electron chi connectivity index (χ3n) is 1.76. The van der Waals surface area contributed by atoms with Gasteiger partial charge in [0.25, 0.3) is 0 Å². The zero-order valence-corrected chi connectivity index (χ0v) is 7.59. The van der Waals surface area contributed by atoms with Crippen molar-refractivity contribution in [2.75, 3.05) is 34.4 Å². The normalized spacial score (nSPS) is 16.8. The van der Waals surface area contributed by atoms with E-state index in [1.165, 1.54) is 0 Å². The molecule has 0 saturated carbocycles. The van der Waals surface area contributed by atoms with Gasteiger partial charge >= 0.3 is 5.97 Å². The van der Waals surface area contributed by atoms with Gasteiger partial charge in [0.2, 0.25) is 0 Å². The number of cyclic esters (lactones) is 1. The van der Waals surface area contributed by atoms with E-state index in [-0.39, 0.29) is 5.97 Å². The standard InChI is InChI=1S/C8H13NO3/c1-9(2)7-5-12-8(10)6(7)4-11-3/h4-5H2,1-3H3. The maximum absolute atomic E-state index is 11.1. The maximum Gasteiger partial charge on any atom is 0.338 e. The molecule has 0 unspecified atom stereocenters. The number of rotatable bonds is 3. The van der Waals surface area contributed by atoms with E-state index >= 15 is 0 Å². The smallest absolute Gasteiger partial charge is 0.338 e. The minimum absolute atomic E-state index is 0.263. The van der Waals surface area contributed by atoms with Gasteiger partial charge < -0.3 is 14.4 Å². The zero-order chi connectivity index (χ0) is 9.14. The summed E-state index contributed by atoms with van der Waals surface area (Å²) in [7, 11) is 5.33. The molecule has 1 aliphatic heterocycles. The first-order chi connectivity index (χ1) is 5.66. The van der Waals surface area contributed by atoms with E-state index in [4.69, 9.17) is 9.47 Å². The van der Waals surface area contributed by atoms with Crippen molar-refractivity contribution in [3.8, 4) is 0 Å². The van der Waals surface area contributed by atoms with Gasteiger partial charge in [0, 0.05) is 21.2 Å². The Morgan fingerprint density at radius 3 is 2.75 bits per heavy atom. The Hall–Kier alpha value is -1.03. The van der Waals surface area contributed by atoms with Crippen LogP contribution in [-0.2, 0) is 14.3 Å². The first-order valence-corrected chi connectivity index (χ1v) is 3.72. The molecular weight excluding hydrogens is 158 g/mol. The number of nitrogens with zero attached hydrogens (tertiary/aromatic N) is 1. The fourth-order valence-corrected chi connectivity index (χ4v) is 1.11. The van der Waals surface area contributed by atoms with Gasteiger partial charge in [0.15, 0.2) is 0 Å². The van der Waals surface area contributed by atoms with Crippen LogP contribution < -0.4 is 0 Å². The van der Waals surface area contributed by atoms with Gasteiger partial charge in [-0.3, -0.25) is 0 Å². The van der Waals surface area contributed by atoms with Crippen LogP contribution in [0.2, 0.25) is 0 Å². The topological polar surface area (TPSA) is 38.8 Å². The molecule has 4 heteroatoms. The molecule has 0 fully saturated rings. The van der Waals surface area contributed by atoms with E-state index in [0.29, 0.717) is 18.8 Å². The van der Waals surface area contributed by atoms with Gasteiger partial charge in [-0.1, -0.05) is 0 Å². The highest BCUT2D eigenvalue weighted by molar-refractivity contribution is 5.91. The molecule has 0 aromatic heterocycles. The van der Waals surface area contributed by atoms with Crippen LogP contribution in [0.3, 0.4) is 0 Å². The Balaban J connectivity index is 2.82. The number of carbonyl (C=O) groups excluding carboxylic acids is 1. The molecule has 1 rings (SSSR count). The van der Waals surface area contributed by atoms with E-state index in [9.17, 15) is 4.79 Å². The Bertz CT molecular complexity index is 220. The second kappa shape index (κ2) is 3.58. The third-order valence-corrected chi connectivity index (χ3v) is 1.76. The number of methoxy groups -OCH3 is 1. The lowest BCUT2D eigenvalue weighted by Gasteiger charge is -2.12. The highest BCUT2D eigenvalue weighted by Crippen LogP contribution is 2.17. The molecule has 0 radical (unpaired) electrons. The molecule has 0 aromatic rings. The summed E-state index contributed by atoms with van der Waals surface area (Å²) in [5.41, 5.74) is 1.53. The molecule has 1 aliphatic rings. The highest BCUT2D eigenvalue weighted by atomic mass is 16.5. The van der Waals surface area contributed by atoms with Gasteiger partial charge in [-0.15, -0.1) is 0 Å². The number of likely N-dealkylation sites (N-methyl/N-ethyl adjacent to an activating group) is 1. The number of ether oxygens (including phenoxy) is 2. The van der Waals surface area contributed by atoms with E-state index in [2.05, 4.69) is 0 Å². The van der Waals surface area contributed by atoms with E-state index in [1.54, 1.807) is 7.11 Å². The Morgan fingerprint density at radius 1 is 1.58 bits per heavy atom. The average Bonchev–Trinajstić information content (AvgIpc) is 2.34. The molecule has 0 atom stereocenters. The number of hydrogen-bond donors (Lipinski definition) is 0. The van der Waals surface area contributed by atoms with Crippen LogP contribution >= 0.6 is 0 Å². The summed E-state index contributed by atoms with van der Waals surface area (Å²) in [6.45, 7) is 0.691. The Morgan fingerprint density at radius 2 is 2.25 bits per heavy atom. The second-order valence-corrected chi connectivity index (χ2v) is 2.83. The summed E-state index contributed by atoms with van der Waals surface area (Å²) >= 11 is 0. The minimum Gasteiger partial charge on any atom is -0.456 e. The van der Waals surface area contributed by atoms with Crippen LogP contribution in [0.4, 0.5) is 0 Å². The lowest BCUT2D eigenvalue weighted by atomic mass is 10.2. The molecule has 0 aromatic carbocycles. The molecule has 4 nitrogen and oxygen atoms in total. The predicted octanol–water partition coefficient (Wildman–Crippen LogP) is 0.00530. The van der Waals surface area contributed by atoms with Gasteiger partial charge in [0.1, 0.15) is 6.61 Å². The molecule has 1 heterocycles. The molecular formula is C8H13NO3.